The highest BCUT2D eigenvalue weighted by Gasteiger charge is 2.37. The number of amides is 1. The van der Waals surface area contributed by atoms with E-state index in [4.69, 9.17) is 0 Å². The first-order valence-electron chi connectivity index (χ1n) is 6.99. The van der Waals surface area contributed by atoms with Crippen LogP contribution in [0.1, 0.15) is 30.1 Å². The van der Waals surface area contributed by atoms with Gasteiger partial charge in [-0.25, -0.2) is 4.98 Å². The van der Waals surface area contributed by atoms with E-state index in [2.05, 4.69) is 9.88 Å². The van der Waals surface area contributed by atoms with Gasteiger partial charge in [0.2, 0.25) is 0 Å². The normalized spacial score (nSPS) is 17.4. The van der Waals surface area contributed by atoms with E-state index in [-0.39, 0.29) is 5.91 Å². The number of nitrogens with zero attached hydrogens (tertiary/aromatic N) is 3. The Hall–Kier alpha value is -2.11. The molecule has 6 heteroatoms. The predicted octanol–water partition coefficient (Wildman–Crippen LogP) is 1.47. The zero-order valence-corrected chi connectivity index (χ0v) is 12.7. The van der Waals surface area contributed by atoms with Crippen LogP contribution < -0.4 is 4.90 Å². The predicted molar refractivity (Wildman–Crippen MR) is 79.4 cm³/mol. The molecule has 0 atom stereocenters. The number of piperidine rings is 1. The SMILES string of the molecule is CN(C)C(=O)c1ccc(N2CCC(C)(C(=O)O)CC2)nc1. The molecule has 1 aromatic rings. The molecular formula is C15H21N3O3. The van der Waals surface area contributed by atoms with Crippen molar-refractivity contribution in [3.05, 3.63) is 23.9 Å². The molecule has 0 saturated carbocycles. The molecule has 2 heterocycles. The highest BCUT2D eigenvalue weighted by Crippen LogP contribution is 2.32. The number of anilines is 1. The Balaban J connectivity index is 2.05. The van der Waals surface area contributed by atoms with Crippen molar-refractivity contribution in [3.63, 3.8) is 0 Å². The molecule has 2 rings (SSSR count). The summed E-state index contributed by atoms with van der Waals surface area (Å²) >= 11 is 0. The fourth-order valence-corrected chi connectivity index (χ4v) is 2.40. The minimum absolute atomic E-state index is 0.0776. The summed E-state index contributed by atoms with van der Waals surface area (Å²) in [5.41, 5.74) is -0.0896. The summed E-state index contributed by atoms with van der Waals surface area (Å²) < 4.78 is 0. The molecule has 0 spiro atoms. The van der Waals surface area contributed by atoms with Gasteiger partial charge in [-0.05, 0) is 31.9 Å². The molecule has 1 N–H and O–H groups in total. The Labute approximate surface area is 124 Å². The first kappa shape index (κ1) is 15.3. The first-order valence-corrected chi connectivity index (χ1v) is 6.99. The maximum Gasteiger partial charge on any atom is 0.309 e. The maximum atomic E-state index is 11.8. The lowest BCUT2D eigenvalue weighted by Gasteiger charge is -2.37. The van der Waals surface area contributed by atoms with E-state index >= 15 is 0 Å². The molecule has 1 aliphatic rings. The van der Waals surface area contributed by atoms with E-state index in [1.165, 1.54) is 4.90 Å². The number of rotatable bonds is 3. The number of carbonyl (C=O) groups excluding carboxylic acids is 1. The van der Waals surface area contributed by atoms with Gasteiger partial charge in [0.15, 0.2) is 0 Å². The number of aliphatic carboxylic acids is 1. The quantitative estimate of drug-likeness (QED) is 0.913. The van der Waals surface area contributed by atoms with Gasteiger partial charge in [0.25, 0.3) is 5.91 Å². The third-order valence-electron chi connectivity index (χ3n) is 4.11. The van der Waals surface area contributed by atoms with Crippen molar-refractivity contribution >= 4 is 17.7 Å². The lowest BCUT2D eigenvalue weighted by molar-refractivity contribution is -0.149. The van der Waals surface area contributed by atoms with E-state index in [1.807, 2.05) is 6.07 Å². The van der Waals surface area contributed by atoms with Crippen molar-refractivity contribution in [1.82, 2.24) is 9.88 Å². The van der Waals surface area contributed by atoms with Crippen LogP contribution in [0.3, 0.4) is 0 Å². The van der Waals surface area contributed by atoms with Gasteiger partial charge in [-0.1, -0.05) is 0 Å². The van der Waals surface area contributed by atoms with Gasteiger partial charge in [0.1, 0.15) is 5.82 Å². The van der Waals surface area contributed by atoms with Crippen LogP contribution in [-0.2, 0) is 4.79 Å². The minimum atomic E-state index is -0.734. The topological polar surface area (TPSA) is 73.7 Å². The summed E-state index contributed by atoms with van der Waals surface area (Å²) in [6.45, 7) is 3.12. The average Bonchev–Trinajstić information content (AvgIpc) is 2.47. The summed E-state index contributed by atoms with van der Waals surface area (Å²) in [6.07, 6.45) is 2.77. The number of pyridine rings is 1. The fraction of sp³-hybridized carbons (Fsp3) is 0.533. The Morgan fingerprint density at radius 2 is 1.90 bits per heavy atom. The first-order chi connectivity index (χ1) is 9.83. The number of aromatic nitrogens is 1. The molecule has 114 valence electrons. The number of carbonyl (C=O) groups is 2. The minimum Gasteiger partial charge on any atom is -0.481 e. The second-order valence-electron chi connectivity index (χ2n) is 5.96. The van der Waals surface area contributed by atoms with Crippen molar-refractivity contribution in [1.29, 1.82) is 0 Å². The fourth-order valence-electron chi connectivity index (χ4n) is 2.40. The average molecular weight is 291 g/mol. The smallest absolute Gasteiger partial charge is 0.309 e. The summed E-state index contributed by atoms with van der Waals surface area (Å²) in [7, 11) is 3.40. The molecule has 1 saturated heterocycles. The standard InChI is InChI=1S/C15H21N3O3/c1-15(14(20)21)6-8-18(9-7-15)12-5-4-11(10-16-12)13(19)17(2)3/h4-5,10H,6-9H2,1-3H3,(H,20,21). The monoisotopic (exact) mass is 291 g/mol. The van der Waals surface area contributed by atoms with Crippen LogP contribution in [0.4, 0.5) is 5.82 Å². The van der Waals surface area contributed by atoms with Crippen LogP contribution in [0.15, 0.2) is 18.3 Å². The molecule has 1 fully saturated rings. The van der Waals surface area contributed by atoms with Crippen molar-refractivity contribution in [2.24, 2.45) is 5.41 Å². The Morgan fingerprint density at radius 3 is 2.33 bits per heavy atom. The highest BCUT2D eigenvalue weighted by atomic mass is 16.4. The second-order valence-corrected chi connectivity index (χ2v) is 5.96. The molecule has 0 unspecified atom stereocenters. The van der Waals surface area contributed by atoms with Gasteiger partial charge in [-0.2, -0.15) is 0 Å². The van der Waals surface area contributed by atoms with Crippen molar-refractivity contribution in [2.45, 2.75) is 19.8 Å². The number of carboxylic acids is 1. The maximum absolute atomic E-state index is 11.8. The summed E-state index contributed by atoms with van der Waals surface area (Å²) in [4.78, 5) is 30.9. The summed E-state index contributed by atoms with van der Waals surface area (Å²) in [5.74, 6) is -0.0223. The summed E-state index contributed by atoms with van der Waals surface area (Å²) in [5, 5.41) is 9.23. The second kappa shape index (κ2) is 5.71. The Morgan fingerprint density at radius 1 is 1.29 bits per heavy atom. The van der Waals surface area contributed by atoms with Crippen LogP contribution >= 0.6 is 0 Å². The van der Waals surface area contributed by atoms with Gasteiger partial charge in [0, 0.05) is 33.4 Å². The zero-order valence-electron chi connectivity index (χ0n) is 12.7. The van der Waals surface area contributed by atoms with E-state index < -0.39 is 11.4 Å². The molecule has 0 aromatic carbocycles. The van der Waals surface area contributed by atoms with Gasteiger partial charge < -0.3 is 14.9 Å². The van der Waals surface area contributed by atoms with Crippen LogP contribution in [0.2, 0.25) is 0 Å². The van der Waals surface area contributed by atoms with E-state index in [9.17, 15) is 14.7 Å². The Kier molecular flexibility index (Phi) is 4.16. The molecule has 0 radical (unpaired) electrons. The lowest BCUT2D eigenvalue weighted by Crippen LogP contribution is -2.43. The molecule has 21 heavy (non-hydrogen) atoms. The number of hydrogen-bond donors (Lipinski definition) is 1. The molecule has 1 aliphatic heterocycles. The molecule has 0 bridgehead atoms. The van der Waals surface area contributed by atoms with Crippen molar-refractivity contribution in [3.8, 4) is 0 Å². The van der Waals surface area contributed by atoms with E-state index in [1.54, 1.807) is 33.3 Å². The van der Waals surface area contributed by atoms with E-state index in [0.717, 1.165) is 5.82 Å². The van der Waals surface area contributed by atoms with Crippen LogP contribution in [-0.4, -0.2) is 54.1 Å². The van der Waals surface area contributed by atoms with Gasteiger partial charge in [-0.3, -0.25) is 9.59 Å². The molecule has 1 amide bonds. The van der Waals surface area contributed by atoms with Crippen molar-refractivity contribution < 1.29 is 14.7 Å². The van der Waals surface area contributed by atoms with Gasteiger partial charge >= 0.3 is 5.97 Å². The van der Waals surface area contributed by atoms with E-state index in [0.29, 0.717) is 31.5 Å². The van der Waals surface area contributed by atoms with Gasteiger partial charge in [0.05, 0.1) is 11.0 Å². The third-order valence-corrected chi connectivity index (χ3v) is 4.11. The zero-order chi connectivity index (χ0) is 15.6. The summed E-state index contributed by atoms with van der Waals surface area (Å²) in [6, 6.07) is 3.58. The lowest BCUT2D eigenvalue weighted by atomic mass is 9.80. The molecule has 6 nitrogen and oxygen atoms in total. The van der Waals surface area contributed by atoms with Crippen LogP contribution in [0.5, 0.6) is 0 Å². The third kappa shape index (κ3) is 3.15. The highest BCUT2D eigenvalue weighted by molar-refractivity contribution is 5.93. The molecular weight excluding hydrogens is 270 g/mol. The molecule has 0 aliphatic carbocycles. The number of hydrogen-bond acceptors (Lipinski definition) is 4. The van der Waals surface area contributed by atoms with Gasteiger partial charge in [-0.15, -0.1) is 0 Å². The Bertz CT molecular complexity index is 532. The van der Waals surface area contributed by atoms with Crippen LogP contribution in [0, 0.1) is 5.41 Å². The van der Waals surface area contributed by atoms with Crippen molar-refractivity contribution in [2.75, 3.05) is 32.1 Å². The molecule has 1 aromatic heterocycles. The van der Waals surface area contributed by atoms with Crippen LogP contribution in [0.25, 0.3) is 0 Å². The largest absolute Gasteiger partial charge is 0.481 e. The number of carboxylic acid groups (broad SMARTS) is 1.